The van der Waals surface area contributed by atoms with Crippen molar-refractivity contribution in [3.05, 3.63) is 70.8 Å². The van der Waals surface area contributed by atoms with Crippen LogP contribution in [0.4, 0.5) is 0 Å². The topological polar surface area (TPSA) is 57.0 Å². The molecule has 0 saturated carbocycles. The zero-order valence-electron chi connectivity index (χ0n) is 15.8. The van der Waals surface area contributed by atoms with E-state index in [4.69, 9.17) is 0 Å². The fourth-order valence-corrected chi connectivity index (χ4v) is 4.41. The summed E-state index contributed by atoms with van der Waals surface area (Å²) in [5.74, 6) is 0.384. The summed E-state index contributed by atoms with van der Waals surface area (Å²) in [5, 5.41) is 11.1. The van der Waals surface area contributed by atoms with Gasteiger partial charge in [-0.1, -0.05) is 49.0 Å². The number of fused-ring (bicyclic) bond motifs is 2. The Bertz CT molecular complexity index is 1090. The largest absolute Gasteiger partial charge is 0.337 e. The highest BCUT2D eigenvalue weighted by atomic mass is 32.2. The van der Waals surface area contributed by atoms with Crippen molar-refractivity contribution >= 4 is 28.6 Å². The summed E-state index contributed by atoms with van der Waals surface area (Å²) in [5.41, 5.74) is 5.16. The normalized spacial score (nSPS) is 13.2. The highest BCUT2D eigenvalue weighted by molar-refractivity contribution is 8.00. The Kier molecular flexibility index (Phi) is 5.31. The molecule has 4 rings (SSSR count). The summed E-state index contributed by atoms with van der Waals surface area (Å²) >= 11 is 1.35. The fourth-order valence-electron chi connectivity index (χ4n) is 3.55. The lowest BCUT2D eigenvalue weighted by molar-refractivity contribution is -0.129. The summed E-state index contributed by atoms with van der Waals surface area (Å²) in [6.07, 6.45) is 1.84. The van der Waals surface area contributed by atoms with Crippen molar-refractivity contribution in [3.8, 4) is 6.07 Å². The molecule has 4 nitrogen and oxygen atoms in total. The van der Waals surface area contributed by atoms with Gasteiger partial charge >= 0.3 is 0 Å². The molecule has 0 radical (unpaired) electrons. The smallest absolute Gasteiger partial charge is 0.233 e. The molecule has 1 aromatic heterocycles. The van der Waals surface area contributed by atoms with Gasteiger partial charge in [-0.25, -0.2) is 4.98 Å². The van der Waals surface area contributed by atoms with Crippen LogP contribution in [-0.2, 0) is 24.2 Å². The van der Waals surface area contributed by atoms with Crippen molar-refractivity contribution in [1.82, 2.24) is 9.88 Å². The van der Waals surface area contributed by atoms with Crippen LogP contribution in [0.15, 0.2) is 53.6 Å². The minimum Gasteiger partial charge on any atom is -0.337 e. The van der Waals surface area contributed by atoms with Crippen molar-refractivity contribution in [2.75, 3.05) is 12.3 Å². The lowest BCUT2D eigenvalue weighted by Gasteiger charge is -2.28. The molecule has 0 aliphatic carbocycles. The number of carbonyl (C=O) groups is 1. The number of amides is 1. The number of thioether (sulfide) groups is 1. The zero-order valence-corrected chi connectivity index (χ0v) is 16.6. The number of hydrogen-bond acceptors (Lipinski definition) is 4. The number of benzene rings is 2. The number of carbonyl (C=O) groups excluding carboxylic acids is 1. The van der Waals surface area contributed by atoms with Gasteiger partial charge in [0.25, 0.3) is 0 Å². The average molecular weight is 388 g/mol. The van der Waals surface area contributed by atoms with Gasteiger partial charge in [-0.05, 0) is 47.7 Å². The van der Waals surface area contributed by atoms with Crippen LogP contribution in [0.2, 0.25) is 0 Å². The highest BCUT2D eigenvalue weighted by Crippen LogP contribution is 2.26. The van der Waals surface area contributed by atoms with E-state index in [-0.39, 0.29) is 5.91 Å². The van der Waals surface area contributed by atoms with Crippen LogP contribution in [0.25, 0.3) is 10.9 Å². The summed E-state index contributed by atoms with van der Waals surface area (Å²) < 4.78 is 0. The van der Waals surface area contributed by atoms with Crippen LogP contribution in [0, 0.1) is 11.3 Å². The molecule has 2 aromatic carbocycles. The zero-order chi connectivity index (χ0) is 19.5. The van der Waals surface area contributed by atoms with Gasteiger partial charge in [0, 0.05) is 18.5 Å². The Morgan fingerprint density at radius 2 is 2.04 bits per heavy atom. The number of aryl methyl sites for hydroxylation is 1. The van der Waals surface area contributed by atoms with Gasteiger partial charge in [-0.3, -0.25) is 4.79 Å². The second-order valence-electron chi connectivity index (χ2n) is 6.96. The predicted octanol–water partition coefficient (Wildman–Crippen LogP) is 4.35. The maximum absolute atomic E-state index is 12.7. The molecular formula is C23H21N3OS. The maximum atomic E-state index is 12.7. The molecule has 28 heavy (non-hydrogen) atoms. The van der Waals surface area contributed by atoms with Gasteiger partial charge in [0.1, 0.15) is 11.1 Å². The van der Waals surface area contributed by atoms with Crippen LogP contribution in [-0.4, -0.2) is 28.1 Å². The predicted molar refractivity (Wildman–Crippen MR) is 112 cm³/mol. The molecule has 1 amide bonds. The van der Waals surface area contributed by atoms with Crippen molar-refractivity contribution in [2.45, 2.75) is 31.3 Å². The van der Waals surface area contributed by atoms with E-state index in [1.54, 1.807) is 0 Å². The number of nitrogens with zero attached hydrogens (tertiary/aromatic N) is 3. The molecule has 1 aliphatic rings. The third kappa shape index (κ3) is 3.74. The van der Waals surface area contributed by atoms with Crippen molar-refractivity contribution in [2.24, 2.45) is 0 Å². The third-order valence-corrected chi connectivity index (χ3v) is 6.16. The molecule has 0 bridgehead atoms. The summed E-state index contributed by atoms with van der Waals surface area (Å²) in [6, 6.07) is 18.5. The van der Waals surface area contributed by atoms with Crippen LogP contribution in [0.5, 0.6) is 0 Å². The quantitative estimate of drug-likeness (QED) is 0.625. The highest BCUT2D eigenvalue weighted by Gasteiger charge is 2.21. The van der Waals surface area contributed by atoms with Crippen LogP contribution < -0.4 is 0 Å². The third-order valence-electron chi connectivity index (χ3n) is 5.19. The van der Waals surface area contributed by atoms with E-state index < -0.39 is 0 Å². The molecule has 2 heterocycles. The molecule has 0 atom stereocenters. The first-order valence-corrected chi connectivity index (χ1v) is 10.5. The maximum Gasteiger partial charge on any atom is 0.233 e. The summed E-state index contributed by atoms with van der Waals surface area (Å²) in [4.78, 5) is 19.3. The van der Waals surface area contributed by atoms with Gasteiger partial charge in [0.15, 0.2) is 0 Å². The second kappa shape index (κ2) is 8.04. The minimum absolute atomic E-state index is 0.0895. The monoisotopic (exact) mass is 387 g/mol. The Morgan fingerprint density at radius 3 is 2.82 bits per heavy atom. The Labute approximate surface area is 169 Å². The molecule has 3 aromatic rings. The molecule has 0 fully saturated rings. The second-order valence-corrected chi connectivity index (χ2v) is 7.92. The molecule has 140 valence electrons. The first-order valence-electron chi connectivity index (χ1n) is 9.49. The molecule has 0 saturated heterocycles. The van der Waals surface area contributed by atoms with Crippen molar-refractivity contribution < 1.29 is 4.79 Å². The number of hydrogen-bond donors (Lipinski definition) is 0. The molecule has 1 aliphatic heterocycles. The number of nitriles is 1. The Hall–Kier alpha value is -2.84. The van der Waals surface area contributed by atoms with E-state index in [1.165, 1.54) is 28.5 Å². The van der Waals surface area contributed by atoms with Gasteiger partial charge < -0.3 is 4.90 Å². The first kappa shape index (κ1) is 18.5. The van der Waals surface area contributed by atoms with Crippen LogP contribution >= 0.6 is 11.8 Å². The summed E-state index contributed by atoms with van der Waals surface area (Å²) in [6.45, 7) is 3.51. The fraction of sp³-hybridized carbons (Fsp3) is 0.261. The Balaban J connectivity index is 1.49. The van der Waals surface area contributed by atoms with Crippen molar-refractivity contribution in [1.29, 1.82) is 5.26 Å². The van der Waals surface area contributed by atoms with E-state index in [1.807, 2.05) is 29.2 Å². The number of aromatic nitrogens is 1. The van der Waals surface area contributed by atoms with Crippen LogP contribution in [0.3, 0.4) is 0 Å². The van der Waals surface area contributed by atoms with E-state index in [0.29, 0.717) is 22.9 Å². The molecule has 5 heteroatoms. The van der Waals surface area contributed by atoms with E-state index in [2.05, 4.69) is 42.2 Å². The van der Waals surface area contributed by atoms with E-state index in [9.17, 15) is 10.1 Å². The lowest BCUT2D eigenvalue weighted by atomic mass is 10.00. The van der Waals surface area contributed by atoms with Crippen molar-refractivity contribution in [3.63, 3.8) is 0 Å². The molecule has 0 N–H and O–H groups in total. The van der Waals surface area contributed by atoms with Gasteiger partial charge in [0.2, 0.25) is 5.91 Å². The standard InChI is InChI=1S/C23H21N3OS/c1-2-16-7-8-21-19(11-16)12-20(13-24)23(25-21)28-15-22(27)26-10-9-17-5-3-4-6-18(17)14-26/h3-8,11-12H,2,9-10,14-15H2,1H3. The van der Waals surface area contributed by atoms with Crippen LogP contribution in [0.1, 0.15) is 29.2 Å². The Morgan fingerprint density at radius 1 is 1.21 bits per heavy atom. The molecule has 0 unspecified atom stereocenters. The minimum atomic E-state index is 0.0895. The summed E-state index contributed by atoms with van der Waals surface area (Å²) in [7, 11) is 0. The van der Waals surface area contributed by atoms with E-state index in [0.717, 1.165) is 30.3 Å². The molecule has 0 spiro atoms. The average Bonchev–Trinajstić information content (AvgIpc) is 2.75. The SMILES string of the molecule is CCc1ccc2nc(SCC(=O)N3CCc4ccccc4C3)c(C#N)cc2c1. The molecular weight excluding hydrogens is 366 g/mol. The first-order chi connectivity index (χ1) is 13.7. The van der Waals surface area contributed by atoms with E-state index >= 15 is 0 Å². The van der Waals surface area contributed by atoms with Gasteiger partial charge in [-0.15, -0.1) is 0 Å². The van der Waals surface area contributed by atoms with Gasteiger partial charge in [-0.2, -0.15) is 5.26 Å². The number of rotatable bonds is 4. The lowest BCUT2D eigenvalue weighted by Crippen LogP contribution is -2.37. The van der Waals surface area contributed by atoms with Gasteiger partial charge in [0.05, 0.1) is 16.8 Å². The number of pyridine rings is 1.